The van der Waals surface area contributed by atoms with Gasteiger partial charge in [0.05, 0.1) is 0 Å². The summed E-state index contributed by atoms with van der Waals surface area (Å²) in [5.41, 5.74) is 2.04. The highest BCUT2D eigenvalue weighted by Crippen LogP contribution is 2.21. The van der Waals surface area contributed by atoms with Crippen molar-refractivity contribution in [1.29, 1.82) is 0 Å². The Hall–Kier alpha value is -3.55. The summed E-state index contributed by atoms with van der Waals surface area (Å²) in [6, 6.07) is 17.7. The first-order valence-electron chi connectivity index (χ1n) is 15.7. The first-order valence-corrected chi connectivity index (χ1v) is 15.7. The molecule has 2 N–H and O–H groups in total. The third-order valence-corrected chi connectivity index (χ3v) is 6.60. The maximum absolute atomic E-state index is 14.0. The van der Waals surface area contributed by atoms with Gasteiger partial charge in [-0.1, -0.05) is 80.8 Å². The number of alkyl carbamates (subject to hydrolysis) is 2. The van der Waals surface area contributed by atoms with E-state index >= 15 is 0 Å². The molecule has 1 atom stereocenters. The summed E-state index contributed by atoms with van der Waals surface area (Å²) in [6.45, 7) is 14.5. The van der Waals surface area contributed by atoms with Gasteiger partial charge < -0.3 is 25.0 Å². The highest BCUT2D eigenvalue weighted by molar-refractivity contribution is 5.85. The number of unbranched alkanes of at least 4 members (excludes halogenated alkanes) is 4. The van der Waals surface area contributed by atoms with Crippen LogP contribution in [0.1, 0.15) is 99.0 Å². The van der Waals surface area contributed by atoms with Gasteiger partial charge in [-0.15, -0.1) is 0 Å². The fourth-order valence-electron chi connectivity index (χ4n) is 4.56. The minimum atomic E-state index is -0.744. The van der Waals surface area contributed by atoms with Gasteiger partial charge in [-0.05, 0) is 83.9 Å². The predicted octanol–water partition coefficient (Wildman–Crippen LogP) is 7.85. The average Bonchev–Trinajstić information content (AvgIpc) is 2.92. The van der Waals surface area contributed by atoms with Crippen molar-refractivity contribution in [2.24, 2.45) is 0 Å². The van der Waals surface area contributed by atoms with Crippen molar-refractivity contribution in [3.8, 4) is 11.1 Å². The summed E-state index contributed by atoms with van der Waals surface area (Å²) < 4.78 is 10.8. The molecule has 2 aromatic carbocycles. The molecule has 2 aromatic rings. The van der Waals surface area contributed by atoms with Gasteiger partial charge >= 0.3 is 12.2 Å². The van der Waals surface area contributed by atoms with Crippen LogP contribution in [0.5, 0.6) is 0 Å². The number of amides is 3. The Morgan fingerprint density at radius 3 is 1.95 bits per heavy atom. The lowest BCUT2D eigenvalue weighted by molar-refractivity contribution is -0.134. The van der Waals surface area contributed by atoms with E-state index < -0.39 is 29.4 Å². The molecule has 0 fully saturated rings. The predicted molar refractivity (Wildman–Crippen MR) is 173 cm³/mol. The number of hydrogen-bond acceptors (Lipinski definition) is 5. The van der Waals surface area contributed by atoms with E-state index in [1.807, 2.05) is 43.9 Å². The van der Waals surface area contributed by atoms with E-state index in [1.54, 1.807) is 20.8 Å². The maximum Gasteiger partial charge on any atom is 0.408 e. The Balaban J connectivity index is 2.14. The molecule has 0 radical (unpaired) electrons. The van der Waals surface area contributed by atoms with Gasteiger partial charge in [0.25, 0.3) is 0 Å². The van der Waals surface area contributed by atoms with E-state index in [9.17, 15) is 14.4 Å². The number of ether oxygens (including phenoxy) is 2. The zero-order valence-electron chi connectivity index (χ0n) is 27.3. The first-order chi connectivity index (χ1) is 20.3. The van der Waals surface area contributed by atoms with Gasteiger partial charge in [-0.3, -0.25) is 4.79 Å². The molecule has 1 unspecified atom stereocenters. The van der Waals surface area contributed by atoms with Gasteiger partial charge in [-0.25, -0.2) is 9.59 Å². The highest BCUT2D eigenvalue weighted by atomic mass is 16.6. The third kappa shape index (κ3) is 15.0. The lowest BCUT2D eigenvalue weighted by Crippen LogP contribution is -2.49. The number of hydrogen-bond donors (Lipinski definition) is 2. The lowest BCUT2D eigenvalue weighted by atomic mass is 10.0. The molecule has 0 aliphatic heterocycles. The standard InChI is InChI=1S/C35H53N3O5/c1-8-9-10-16-25-38(26-27-20-22-29(23-21-27)28-17-12-11-13-18-28)31(39)30(37-33(41)43-35(5,6)7)19-14-15-24-36-32(40)42-34(2,3)4/h11-13,17-18,20-23,30H,8-10,14-16,19,24-26H2,1-7H3,(H,36,40)(H,37,41). The van der Waals surface area contributed by atoms with Gasteiger partial charge in [0.1, 0.15) is 17.2 Å². The summed E-state index contributed by atoms with van der Waals surface area (Å²) in [6.07, 6.45) is 4.74. The molecular weight excluding hydrogens is 542 g/mol. The van der Waals surface area contributed by atoms with Crippen LogP contribution in [-0.4, -0.2) is 53.3 Å². The van der Waals surface area contributed by atoms with Crippen molar-refractivity contribution >= 4 is 18.1 Å². The average molecular weight is 596 g/mol. The number of carbonyl (C=O) groups excluding carboxylic acids is 3. The molecule has 3 amide bonds. The molecule has 0 spiro atoms. The lowest BCUT2D eigenvalue weighted by Gasteiger charge is -2.29. The minimum Gasteiger partial charge on any atom is -0.444 e. The van der Waals surface area contributed by atoms with Crippen LogP contribution >= 0.6 is 0 Å². The molecule has 0 aliphatic rings. The summed E-state index contributed by atoms with van der Waals surface area (Å²) in [5.74, 6) is -0.130. The quantitative estimate of drug-likeness (QED) is 0.204. The van der Waals surface area contributed by atoms with E-state index in [0.29, 0.717) is 38.9 Å². The smallest absolute Gasteiger partial charge is 0.408 e. The molecule has 0 aromatic heterocycles. The molecule has 0 saturated carbocycles. The Morgan fingerprint density at radius 2 is 1.35 bits per heavy atom. The number of carbonyl (C=O) groups is 3. The molecule has 0 aliphatic carbocycles. The summed E-state index contributed by atoms with van der Waals surface area (Å²) in [4.78, 5) is 40.6. The van der Waals surface area contributed by atoms with Crippen molar-refractivity contribution in [2.75, 3.05) is 13.1 Å². The Morgan fingerprint density at radius 1 is 0.744 bits per heavy atom. The minimum absolute atomic E-state index is 0.130. The van der Waals surface area contributed by atoms with Gasteiger partial charge in [0.15, 0.2) is 0 Å². The molecule has 2 rings (SSSR count). The largest absolute Gasteiger partial charge is 0.444 e. The summed E-state index contributed by atoms with van der Waals surface area (Å²) in [5, 5.41) is 5.60. The van der Waals surface area contributed by atoms with Gasteiger partial charge in [0, 0.05) is 19.6 Å². The Kier molecular flexibility index (Phi) is 14.5. The molecule has 0 saturated heterocycles. The van der Waals surface area contributed by atoms with E-state index in [0.717, 1.165) is 42.4 Å². The number of nitrogens with one attached hydrogen (secondary N) is 2. The van der Waals surface area contributed by atoms with Crippen LogP contribution in [0.3, 0.4) is 0 Å². The highest BCUT2D eigenvalue weighted by Gasteiger charge is 2.28. The molecule has 8 heteroatoms. The van der Waals surface area contributed by atoms with E-state index in [1.165, 1.54) is 0 Å². The van der Waals surface area contributed by atoms with E-state index in [-0.39, 0.29) is 5.91 Å². The zero-order chi connectivity index (χ0) is 31.9. The molecule has 43 heavy (non-hydrogen) atoms. The number of nitrogens with zero attached hydrogens (tertiary/aromatic N) is 1. The van der Waals surface area contributed by atoms with E-state index in [4.69, 9.17) is 9.47 Å². The molecule has 0 heterocycles. The van der Waals surface area contributed by atoms with Crippen LogP contribution in [0.2, 0.25) is 0 Å². The van der Waals surface area contributed by atoms with Crippen molar-refractivity contribution in [2.45, 2.75) is 117 Å². The number of rotatable bonds is 15. The van der Waals surface area contributed by atoms with Crippen LogP contribution in [0, 0.1) is 0 Å². The van der Waals surface area contributed by atoms with Crippen molar-refractivity contribution in [3.63, 3.8) is 0 Å². The molecule has 0 bridgehead atoms. The van der Waals surface area contributed by atoms with Crippen molar-refractivity contribution in [3.05, 3.63) is 60.2 Å². The van der Waals surface area contributed by atoms with Crippen LogP contribution in [-0.2, 0) is 20.8 Å². The fourth-order valence-corrected chi connectivity index (χ4v) is 4.56. The normalized spacial score (nSPS) is 12.3. The Bertz CT molecular complexity index is 1120. The second kappa shape index (κ2) is 17.5. The summed E-state index contributed by atoms with van der Waals surface area (Å²) >= 11 is 0. The van der Waals surface area contributed by atoms with Crippen molar-refractivity contribution in [1.82, 2.24) is 15.5 Å². The van der Waals surface area contributed by atoms with Crippen LogP contribution in [0.4, 0.5) is 9.59 Å². The summed E-state index contributed by atoms with van der Waals surface area (Å²) in [7, 11) is 0. The molecule has 8 nitrogen and oxygen atoms in total. The maximum atomic E-state index is 14.0. The first kappa shape index (κ1) is 35.6. The second-order valence-corrected chi connectivity index (χ2v) is 13.0. The fraction of sp³-hybridized carbons (Fsp3) is 0.571. The van der Waals surface area contributed by atoms with Crippen LogP contribution in [0.25, 0.3) is 11.1 Å². The Labute approximate surface area is 258 Å². The molecule has 238 valence electrons. The molecular formula is C35H53N3O5. The monoisotopic (exact) mass is 595 g/mol. The topological polar surface area (TPSA) is 97.0 Å². The van der Waals surface area contributed by atoms with E-state index in [2.05, 4.69) is 54.0 Å². The van der Waals surface area contributed by atoms with Gasteiger partial charge in [-0.2, -0.15) is 0 Å². The SMILES string of the molecule is CCCCCCN(Cc1ccc(-c2ccccc2)cc1)C(=O)C(CCCCNC(=O)OC(C)(C)C)NC(=O)OC(C)(C)C. The van der Waals surface area contributed by atoms with Crippen LogP contribution in [0.15, 0.2) is 54.6 Å². The third-order valence-electron chi connectivity index (χ3n) is 6.60. The van der Waals surface area contributed by atoms with Crippen LogP contribution < -0.4 is 10.6 Å². The number of benzene rings is 2. The van der Waals surface area contributed by atoms with Gasteiger partial charge in [0.2, 0.25) is 5.91 Å². The second-order valence-electron chi connectivity index (χ2n) is 13.0. The zero-order valence-corrected chi connectivity index (χ0v) is 27.3. The van der Waals surface area contributed by atoms with Crippen molar-refractivity contribution < 1.29 is 23.9 Å².